The van der Waals surface area contributed by atoms with Gasteiger partial charge in [0.15, 0.2) is 0 Å². The molecule has 1 unspecified atom stereocenters. The summed E-state index contributed by atoms with van der Waals surface area (Å²) in [6, 6.07) is 6.76. The van der Waals surface area contributed by atoms with E-state index in [0.717, 1.165) is 31.4 Å². The summed E-state index contributed by atoms with van der Waals surface area (Å²) in [5, 5.41) is 15.2. The van der Waals surface area contributed by atoms with Crippen molar-refractivity contribution >= 4 is 5.84 Å². The number of unbranched alkanes of at least 4 members (excludes halogenated alkanes) is 1. The van der Waals surface area contributed by atoms with E-state index in [1.54, 1.807) is 12.1 Å². The summed E-state index contributed by atoms with van der Waals surface area (Å²) in [4.78, 5) is 0. The lowest BCUT2D eigenvalue weighted by atomic mass is 9.86. The monoisotopic (exact) mass is 295 g/mol. The number of amidine groups is 1. The van der Waals surface area contributed by atoms with Crippen molar-refractivity contribution in [2.24, 2.45) is 16.3 Å². The van der Waals surface area contributed by atoms with Crippen LogP contribution in [0.3, 0.4) is 0 Å². The van der Waals surface area contributed by atoms with Crippen molar-refractivity contribution in [3.05, 3.63) is 35.6 Å². The third kappa shape index (κ3) is 5.71. The Bertz CT molecular complexity index is 457. The molecule has 0 spiro atoms. The van der Waals surface area contributed by atoms with E-state index in [0.29, 0.717) is 0 Å². The third-order valence-corrected chi connectivity index (χ3v) is 3.85. The highest BCUT2D eigenvalue weighted by atomic mass is 19.1. The molecule has 5 heteroatoms. The van der Waals surface area contributed by atoms with Crippen LogP contribution >= 0.6 is 0 Å². The summed E-state index contributed by atoms with van der Waals surface area (Å²) in [6.45, 7) is 6.88. The minimum absolute atomic E-state index is 0.197. The van der Waals surface area contributed by atoms with Gasteiger partial charge in [0, 0.05) is 11.5 Å². The zero-order valence-corrected chi connectivity index (χ0v) is 13.1. The van der Waals surface area contributed by atoms with Crippen molar-refractivity contribution in [2.75, 3.05) is 6.54 Å². The molecule has 1 aromatic rings. The van der Waals surface area contributed by atoms with E-state index in [1.807, 2.05) is 13.8 Å². The summed E-state index contributed by atoms with van der Waals surface area (Å²) in [7, 11) is 0. The first kappa shape index (κ1) is 17.4. The molecule has 0 fully saturated rings. The molecule has 4 nitrogen and oxygen atoms in total. The SMILES string of the molecule is CC(NCCCCC(C)(C)/C(N)=N/O)c1ccc(F)cc1. The van der Waals surface area contributed by atoms with Crippen LogP contribution in [0.5, 0.6) is 0 Å². The van der Waals surface area contributed by atoms with Crippen molar-refractivity contribution in [2.45, 2.75) is 46.1 Å². The quantitative estimate of drug-likeness (QED) is 0.226. The molecular weight excluding hydrogens is 269 g/mol. The molecular formula is C16H26FN3O. The van der Waals surface area contributed by atoms with Crippen LogP contribution in [0.15, 0.2) is 29.4 Å². The fraction of sp³-hybridized carbons (Fsp3) is 0.562. The summed E-state index contributed by atoms with van der Waals surface area (Å²) >= 11 is 0. The van der Waals surface area contributed by atoms with Crippen molar-refractivity contribution in [1.29, 1.82) is 0 Å². The lowest BCUT2D eigenvalue weighted by Crippen LogP contribution is -2.32. The number of benzene rings is 1. The van der Waals surface area contributed by atoms with Gasteiger partial charge in [-0.1, -0.05) is 37.6 Å². The van der Waals surface area contributed by atoms with Gasteiger partial charge in [0.05, 0.1) is 0 Å². The van der Waals surface area contributed by atoms with Gasteiger partial charge < -0.3 is 16.3 Å². The van der Waals surface area contributed by atoms with Crippen LogP contribution in [-0.2, 0) is 0 Å². The van der Waals surface area contributed by atoms with Crippen LogP contribution < -0.4 is 11.1 Å². The van der Waals surface area contributed by atoms with E-state index in [2.05, 4.69) is 17.4 Å². The maximum Gasteiger partial charge on any atom is 0.144 e. The summed E-state index contributed by atoms with van der Waals surface area (Å²) in [5.41, 5.74) is 6.45. The van der Waals surface area contributed by atoms with Gasteiger partial charge in [0.1, 0.15) is 11.7 Å². The van der Waals surface area contributed by atoms with Crippen LogP contribution in [0.2, 0.25) is 0 Å². The Kier molecular flexibility index (Phi) is 6.62. The molecule has 1 atom stereocenters. The topological polar surface area (TPSA) is 70.6 Å². The van der Waals surface area contributed by atoms with E-state index in [9.17, 15) is 4.39 Å². The van der Waals surface area contributed by atoms with Gasteiger partial charge in [-0.3, -0.25) is 0 Å². The molecule has 0 amide bonds. The van der Waals surface area contributed by atoms with Gasteiger partial charge in [-0.25, -0.2) is 4.39 Å². The smallest absolute Gasteiger partial charge is 0.144 e. The average Bonchev–Trinajstić information content (AvgIpc) is 2.46. The molecule has 21 heavy (non-hydrogen) atoms. The van der Waals surface area contributed by atoms with Gasteiger partial charge in [0.2, 0.25) is 0 Å². The Labute approximate surface area is 126 Å². The highest BCUT2D eigenvalue weighted by Crippen LogP contribution is 2.23. The Balaban J connectivity index is 2.27. The summed E-state index contributed by atoms with van der Waals surface area (Å²) < 4.78 is 12.9. The molecule has 0 saturated heterocycles. The molecule has 1 aromatic carbocycles. The fourth-order valence-corrected chi connectivity index (χ4v) is 2.14. The first-order chi connectivity index (χ1) is 9.86. The van der Waals surface area contributed by atoms with Crippen LogP contribution in [0.1, 0.15) is 51.6 Å². The molecule has 0 aliphatic carbocycles. The van der Waals surface area contributed by atoms with Crippen molar-refractivity contribution in [3.63, 3.8) is 0 Å². The number of nitrogens with one attached hydrogen (secondary N) is 1. The standard InChI is InChI=1S/C16H26FN3O/c1-12(13-6-8-14(17)9-7-13)19-11-5-4-10-16(2,3)15(18)20-21/h6-9,12,19,21H,4-5,10-11H2,1-3H3,(H2,18,20). The highest BCUT2D eigenvalue weighted by molar-refractivity contribution is 5.85. The number of hydrogen-bond acceptors (Lipinski definition) is 3. The summed E-state index contributed by atoms with van der Waals surface area (Å²) in [5.74, 6) is 0.0615. The van der Waals surface area contributed by atoms with Crippen LogP contribution in [0, 0.1) is 11.2 Å². The third-order valence-electron chi connectivity index (χ3n) is 3.85. The van der Waals surface area contributed by atoms with Crippen molar-refractivity contribution in [1.82, 2.24) is 5.32 Å². The predicted octanol–water partition coefficient (Wildman–Crippen LogP) is 3.42. The predicted molar refractivity (Wildman–Crippen MR) is 83.9 cm³/mol. The van der Waals surface area contributed by atoms with Crippen LogP contribution in [0.4, 0.5) is 4.39 Å². The number of nitrogens with zero attached hydrogens (tertiary/aromatic N) is 1. The maximum absolute atomic E-state index is 12.9. The molecule has 0 bridgehead atoms. The van der Waals surface area contributed by atoms with E-state index in [-0.39, 0.29) is 23.1 Å². The molecule has 1 rings (SSSR count). The molecule has 0 radical (unpaired) electrons. The van der Waals surface area contributed by atoms with Gasteiger partial charge in [-0.05, 0) is 44.0 Å². The van der Waals surface area contributed by atoms with Crippen LogP contribution in [-0.4, -0.2) is 17.6 Å². The highest BCUT2D eigenvalue weighted by Gasteiger charge is 2.22. The van der Waals surface area contributed by atoms with Gasteiger partial charge >= 0.3 is 0 Å². The second-order valence-corrected chi connectivity index (χ2v) is 6.05. The largest absolute Gasteiger partial charge is 0.409 e. The zero-order valence-electron chi connectivity index (χ0n) is 13.1. The molecule has 0 aliphatic heterocycles. The Hall–Kier alpha value is -1.62. The number of halogens is 1. The average molecular weight is 295 g/mol. The molecule has 0 saturated carbocycles. The molecule has 4 N–H and O–H groups in total. The molecule has 0 aliphatic rings. The Morgan fingerprint density at radius 2 is 1.95 bits per heavy atom. The van der Waals surface area contributed by atoms with Crippen LogP contribution in [0.25, 0.3) is 0 Å². The molecule has 0 heterocycles. The Morgan fingerprint density at radius 1 is 1.33 bits per heavy atom. The lowest BCUT2D eigenvalue weighted by Gasteiger charge is -2.22. The van der Waals surface area contributed by atoms with E-state index in [4.69, 9.17) is 10.9 Å². The first-order valence-corrected chi connectivity index (χ1v) is 7.33. The van der Waals surface area contributed by atoms with Gasteiger partial charge in [-0.2, -0.15) is 0 Å². The van der Waals surface area contributed by atoms with Crippen molar-refractivity contribution < 1.29 is 9.60 Å². The van der Waals surface area contributed by atoms with Gasteiger partial charge in [-0.15, -0.1) is 0 Å². The van der Waals surface area contributed by atoms with E-state index >= 15 is 0 Å². The lowest BCUT2D eigenvalue weighted by molar-refractivity contribution is 0.304. The normalized spacial score (nSPS) is 14.2. The Morgan fingerprint density at radius 3 is 2.52 bits per heavy atom. The van der Waals surface area contributed by atoms with Gasteiger partial charge in [0.25, 0.3) is 0 Å². The number of oxime groups is 1. The summed E-state index contributed by atoms with van der Waals surface area (Å²) in [6.07, 6.45) is 2.87. The number of nitrogens with two attached hydrogens (primary N) is 1. The fourth-order valence-electron chi connectivity index (χ4n) is 2.14. The minimum Gasteiger partial charge on any atom is -0.409 e. The van der Waals surface area contributed by atoms with Crippen molar-refractivity contribution in [3.8, 4) is 0 Å². The maximum atomic E-state index is 12.9. The minimum atomic E-state index is -0.280. The molecule has 0 aromatic heterocycles. The molecule has 118 valence electrons. The number of rotatable bonds is 8. The zero-order chi connectivity index (χ0) is 15.9. The first-order valence-electron chi connectivity index (χ1n) is 7.33. The van der Waals surface area contributed by atoms with E-state index < -0.39 is 0 Å². The number of hydrogen-bond donors (Lipinski definition) is 3. The second-order valence-electron chi connectivity index (χ2n) is 6.05. The second kappa shape index (κ2) is 7.98. The van der Waals surface area contributed by atoms with E-state index in [1.165, 1.54) is 12.1 Å².